The Balaban J connectivity index is 1.78. The largest absolute Gasteiger partial charge is 0.490 e. The van der Waals surface area contributed by atoms with E-state index in [2.05, 4.69) is 5.32 Å². The molecule has 1 atom stereocenters. The lowest BCUT2D eigenvalue weighted by Crippen LogP contribution is -2.36. The van der Waals surface area contributed by atoms with Crippen LogP contribution in [0.3, 0.4) is 0 Å². The monoisotopic (exact) mass is 363 g/mol. The number of alkyl halides is 3. The molecule has 0 aromatic heterocycles. The Morgan fingerprint density at radius 2 is 2.08 bits per heavy atom. The Labute approximate surface area is 143 Å². The molecule has 2 rings (SSSR count). The first-order valence-electron chi connectivity index (χ1n) is 7.86. The van der Waals surface area contributed by atoms with Crippen LogP contribution in [-0.4, -0.2) is 44.9 Å². The summed E-state index contributed by atoms with van der Waals surface area (Å²) < 4.78 is 58.8. The zero-order valence-electron chi connectivity index (χ0n) is 13.7. The maximum atomic E-state index is 12.7. The van der Waals surface area contributed by atoms with Gasteiger partial charge in [-0.25, -0.2) is 4.79 Å². The Bertz CT molecular complexity index is 561. The van der Waals surface area contributed by atoms with Crippen LogP contribution >= 0.6 is 0 Å². The average Bonchev–Trinajstić information content (AvgIpc) is 3.10. The van der Waals surface area contributed by atoms with E-state index in [4.69, 9.17) is 18.9 Å². The molecular formula is C16H20F3NO5. The molecule has 0 aliphatic carbocycles. The Kier molecular flexibility index (Phi) is 6.89. The molecule has 1 amide bonds. The van der Waals surface area contributed by atoms with Crippen molar-refractivity contribution in [3.63, 3.8) is 0 Å². The minimum atomic E-state index is -4.44. The van der Waals surface area contributed by atoms with Crippen molar-refractivity contribution >= 4 is 6.09 Å². The molecular weight excluding hydrogens is 343 g/mol. The van der Waals surface area contributed by atoms with Gasteiger partial charge in [0.2, 0.25) is 0 Å². The summed E-state index contributed by atoms with van der Waals surface area (Å²) >= 11 is 0. The number of rotatable bonds is 7. The zero-order chi connectivity index (χ0) is 18.3. The fourth-order valence-corrected chi connectivity index (χ4v) is 2.07. The summed E-state index contributed by atoms with van der Waals surface area (Å²) in [5, 5.41) is 2.50. The second-order valence-corrected chi connectivity index (χ2v) is 5.32. The van der Waals surface area contributed by atoms with Gasteiger partial charge in [-0.15, -0.1) is 0 Å². The van der Waals surface area contributed by atoms with Crippen molar-refractivity contribution in [1.82, 2.24) is 5.32 Å². The van der Waals surface area contributed by atoms with Gasteiger partial charge in [0, 0.05) is 0 Å². The molecule has 1 aliphatic rings. The summed E-state index contributed by atoms with van der Waals surface area (Å²) in [4.78, 5) is 11.7. The predicted molar refractivity (Wildman–Crippen MR) is 81.2 cm³/mol. The molecule has 1 unspecified atom stereocenters. The van der Waals surface area contributed by atoms with Gasteiger partial charge < -0.3 is 24.3 Å². The van der Waals surface area contributed by atoms with E-state index in [1.807, 2.05) is 0 Å². The standard InChI is InChI=1S/C16H20F3NO5/c1-2-12(25-15(21)20-9-14-22-6-7-23-14)10-24-13-5-3-4-11(8-13)16(17,18)19/h3-5,8,12,14H,2,6-7,9-10H2,1H3,(H,20,21). The smallest absolute Gasteiger partial charge is 0.416 e. The van der Waals surface area contributed by atoms with Gasteiger partial charge in [-0.05, 0) is 24.6 Å². The SMILES string of the molecule is CCC(COc1cccc(C(F)(F)F)c1)OC(=O)NCC1OCCO1. The molecule has 140 valence electrons. The summed E-state index contributed by atoms with van der Waals surface area (Å²) in [7, 11) is 0. The third kappa shape index (κ3) is 6.43. The Morgan fingerprint density at radius 1 is 1.36 bits per heavy atom. The molecule has 1 N–H and O–H groups in total. The number of carbonyl (C=O) groups is 1. The quantitative estimate of drug-likeness (QED) is 0.807. The van der Waals surface area contributed by atoms with Crippen LogP contribution in [0.1, 0.15) is 18.9 Å². The van der Waals surface area contributed by atoms with E-state index < -0.39 is 30.2 Å². The molecule has 0 saturated carbocycles. The van der Waals surface area contributed by atoms with Crippen LogP contribution in [0.25, 0.3) is 0 Å². The van der Waals surface area contributed by atoms with Crippen molar-refractivity contribution in [3.05, 3.63) is 29.8 Å². The summed E-state index contributed by atoms with van der Waals surface area (Å²) in [6, 6.07) is 4.54. The van der Waals surface area contributed by atoms with E-state index in [1.54, 1.807) is 6.92 Å². The van der Waals surface area contributed by atoms with E-state index in [1.165, 1.54) is 12.1 Å². The normalized spacial score (nSPS) is 16.5. The maximum absolute atomic E-state index is 12.7. The lowest BCUT2D eigenvalue weighted by molar-refractivity contribution is -0.137. The van der Waals surface area contributed by atoms with E-state index in [0.717, 1.165) is 12.1 Å². The lowest BCUT2D eigenvalue weighted by atomic mass is 10.2. The van der Waals surface area contributed by atoms with Gasteiger partial charge in [0.1, 0.15) is 18.5 Å². The third-order valence-electron chi connectivity index (χ3n) is 3.43. The Hall–Kier alpha value is -2.00. The van der Waals surface area contributed by atoms with Crippen molar-refractivity contribution in [1.29, 1.82) is 0 Å². The highest BCUT2D eigenvalue weighted by Crippen LogP contribution is 2.31. The number of nitrogens with one attached hydrogen (secondary N) is 1. The first-order chi connectivity index (χ1) is 11.9. The van der Waals surface area contributed by atoms with Crippen molar-refractivity contribution in [2.45, 2.75) is 31.9 Å². The minimum Gasteiger partial charge on any atom is -0.490 e. The van der Waals surface area contributed by atoms with Gasteiger partial charge in [-0.3, -0.25) is 0 Å². The second-order valence-electron chi connectivity index (χ2n) is 5.32. The molecule has 1 aliphatic heterocycles. The molecule has 1 fully saturated rings. The lowest BCUT2D eigenvalue weighted by Gasteiger charge is -2.18. The van der Waals surface area contributed by atoms with Gasteiger partial charge in [0.25, 0.3) is 0 Å². The van der Waals surface area contributed by atoms with E-state index >= 15 is 0 Å². The van der Waals surface area contributed by atoms with Crippen LogP contribution in [0.2, 0.25) is 0 Å². The molecule has 1 aromatic rings. The topological polar surface area (TPSA) is 66.0 Å². The van der Waals surface area contributed by atoms with Crippen LogP contribution in [0.15, 0.2) is 24.3 Å². The van der Waals surface area contributed by atoms with Crippen LogP contribution in [0.5, 0.6) is 5.75 Å². The fraction of sp³-hybridized carbons (Fsp3) is 0.562. The molecule has 0 radical (unpaired) electrons. The van der Waals surface area contributed by atoms with Crippen LogP contribution in [0, 0.1) is 0 Å². The van der Waals surface area contributed by atoms with Crippen molar-refractivity contribution in [2.24, 2.45) is 0 Å². The number of ether oxygens (including phenoxy) is 4. The summed E-state index contributed by atoms with van der Waals surface area (Å²) in [6.07, 6.45) is -5.75. The highest BCUT2D eigenvalue weighted by Gasteiger charge is 2.30. The van der Waals surface area contributed by atoms with Crippen LogP contribution in [0.4, 0.5) is 18.0 Å². The number of hydrogen-bond acceptors (Lipinski definition) is 5. The van der Waals surface area contributed by atoms with Gasteiger partial charge in [0.05, 0.1) is 25.3 Å². The highest BCUT2D eigenvalue weighted by atomic mass is 19.4. The summed E-state index contributed by atoms with van der Waals surface area (Å²) in [6.45, 7) is 2.83. The van der Waals surface area contributed by atoms with Gasteiger partial charge in [0.15, 0.2) is 6.29 Å². The second kappa shape index (κ2) is 8.91. The predicted octanol–water partition coefficient (Wildman–Crippen LogP) is 2.96. The van der Waals surface area contributed by atoms with E-state index in [0.29, 0.717) is 19.6 Å². The van der Waals surface area contributed by atoms with Crippen molar-refractivity contribution < 1.29 is 36.9 Å². The van der Waals surface area contributed by atoms with Crippen LogP contribution < -0.4 is 10.1 Å². The zero-order valence-corrected chi connectivity index (χ0v) is 13.7. The fourth-order valence-electron chi connectivity index (χ4n) is 2.07. The first-order valence-corrected chi connectivity index (χ1v) is 7.86. The van der Waals surface area contributed by atoms with E-state index in [-0.39, 0.29) is 18.9 Å². The molecule has 1 saturated heterocycles. The number of amides is 1. The molecule has 6 nitrogen and oxygen atoms in total. The van der Waals surface area contributed by atoms with Crippen LogP contribution in [-0.2, 0) is 20.4 Å². The summed E-state index contributed by atoms with van der Waals surface area (Å²) in [5.74, 6) is 0.0602. The highest BCUT2D eigenvalue weighted by molar-refractivity contribution is 5.67. The number of halogens is 3. The van der Waals surface area contributed by atoms with Gasteiger partial charge >= 0.3 is 12.3 Å². The molecule has 1 heterocycles. The number of benzene rings is 1. The average molecular weight is 363 g/mol. The molecule has 0 spiro atoms. The first kappa shape index (κ1) is 19.3. The maximum Gasteiger partial charge on any atom is 0.416 e. The van der Waals surface area contributed by atoms with E-state index in [9.17, 15) is 18.0 Å². The molecule has 0 bridgehead atoms. The number of alkyl carbamates (subject to hydrolysis) is 1. The minimum absolute atomic E-state index is 0.0539. The molecule has 1 aromatic carbocycles. The number of hydrogen-bond donors (Lipinski definition) is 1. The third-order valence-corrected chi connectivity index (χ3v) is 3.43. The van der Waals surface area contributed by atoms with Crippen molar-refractivity contribution in [3.8, 4) is 5.75 Å². The molecule has 25 heavy (non-hydrogen) atoms. The summed E-state index contributed by atoms with van der Waals surface area (Å²) in [5.41, 5.74) is -0.798. The van der Waals surface area contributed by atoms with Gasteiger partial charge in [-0.2, -0.15) is 13.2 Å². The number of carbonyl (C=O) groups excluding carboxylic acids is 1. The Morgan fingerprint density at radius 3 is 2.72 bits per heavy atom. The van der Waals surface area contributed by atoms with Crippen molar-refractivity contribution in [2.75, 3.05) is 26.4 Å². The molecule has 9 heteroatoms. The van der Waals surface area contributed by atoms with Gasteiger partial charge in [-0.1, -0.05) is 13.0 Å².